The van der Waals surface area contributed by atoms with Crippen molar-refractivity contribution in [1.82, 2.24) is 0 Å². The summed E-state index contributed by atoms with van der Waals surface area (Å²) in [5.74, 6) is 0.889. The average Bonchev–Trinajstić information content (AvgIpc) is 2.87. The molecule has 0 spiro atoms. The van der Waals surface area contributed by atoms with Crippen LogP contribution in [-0.4, -0.2) is 32.9 Å². The molecule has 0 fully saturated rings. The van der Waals surface area contributed by atoms with E-state index in [4.69, 9.17) is 23.4 Å². The second-order valence-corrected chi connectivity index (χ2v) is 7.49. The molecular formula is C27H24O7. The molecule has 0 amide bonds. The van der Waals surface area contributed by atoms with Crippen LogP contribution in [0.3, 0.4) is 0 Å². The number of ether oxygens (including phenoxy) is 4. The first-order valence-electron chi connectivity index (χ1n) is 10.7. The van der Waals surface area contributed by atoms with Crippen molar-refractivity contribution in [3.63, 3.8) is 0 Å². The van der Waals surface area contributed by atoms with Crippen LogP contribution in [0.25, 0.3) is 22.3 Å². The van der Waals surface area contributed by atoms with Gasteiger partial charge >= 0.3 is 5.97 Å². The number of fused-ring (bicyclic) bond motifs is 1. The van der Waals surface area contributed by atoms with Crippen molar-refractivity contribution < 1.29 is 28.2 Å². The van der Waals surface area contributed by atoms with Crippen LogP contribution >= 0.6 is 0 Å². The molecule has 1 heterocycles. The summed E-state index contributed by atoms with van der Waals surface area (Å²) < 4.78 is 27.6. The van der Waals surface area contributed by atoms with Crippen LogP contribution in [0.1, 0.15) is 5.56 Å². The van der Waals surface area contributed by atoms with E-state index < -0.39 is 12.6 Å². The molecule has 7 nitrogen and oxygen atoms in total. The molecule has 0 N–H and O–H groups in total. The van der Waals surface area contributed by atoms with E-state index in [0.717, 1.165) is 5.56 Å². The van der Waals surface area contributed by atoms with Crippen molar-refractivity contribution in [3.05, 3.63) is 88.6 Å². The van der Waals surface area contributed by atoms with Crippen LogP contribution in [0.15, 0.2) is 82.0 Å². The quantitative estimate of drug-likeness (QED) is 0.263. The Hall–Kier alpha value is -4.26. The lowest BCUT2D eigenvalue weighted by molar-refractivity contribution is -0.146. The number of para-hydroxylation sites is 1. The molecule has 0 aliphatic rings. The van der Waals surface area contributed by atoms with Gasteiger partial charge in [0.25, 0.3) is 0 Å². The molecule has 1 aromatic heterocycles. The number of esters is 1. The first kappa shape index (κ1) is 22.9. The van der Waals surface area contributed by atoms with Gasteiger partial charge < -0.3 is 23.4 Å². The monoisotopic (exact) mass is 460 g/mol. The normalized spacial score (nSPS) is 10.6. The summed E-state index contributed by atoms with van der Waals surface area (Å²) in [6, 6.07) is 21.5. The van der Waals surface area contributed by atoms with E-state index in [2.05, 4.69) is 0 Å². The number of carbonyl (C=O) groups excluding carboxylic acids is 1. The Labute approximate surface area is 196 Å². The fraction of sp³-hybridized carbons (Fsp3) is 0.185. The van der Waals surface area contributed by atoms with Crippen LogP contribution in [-0.2, 0) is 9.53 Å². The maximum Gasteiger partial charge on any atom is 0.344 e. The zero-order valence-electron chi connectivity index (χ0n) is 18.9. The Morgan fingerprint density at radius 2 is 1.65 bits per heavy atom. The summed E-state index contributed by atoms with van der Waals surface area (Å²) in [6.45, 7) is 1.68. The van der Waals surface area contributed by atoms with E-state index in [1.54, 1.807) is 43.5 Å². The van der Waals surface area contributed by atoms with Gasteiger partial charge in [0.2, 0.25) is 11.2 Å². The van der Waals surface area contributed by atoms with Crippen LogP contribution in [0, 0.1) is 6.92 Å². The topological polar surface area (TPSA) is 84.2 Å². The number of hydrogen-bond donors (Lipinski definition) is 0. The fourth-order valence-electron chi connectivity index (χ4n) is 3.36. The fourth-order valence-corrected chi connectivity index (χ4v) is 3.36. The summed E-state index contributed by atoms with van der Waals surface area (Å²) in [4.78, 5) is 25.5. The zero-order chi connectivity index (χ0) is 23.9. The smallest absolute Gasteiger partial charge is 0.344 e. The lowest BCUT2D eigenvalue weighted by atomic mass is 10.1. The molecule has 0 aliphatic carbocycles. The first-order valence-corrected chi connectivity index (χ1v) is 10.7. The van der Waals surface area contributed by atoms with Crippen LogP contribution in [0.5, 0.6) is 17.2 Å². The Balaban J connectivity index is 1.51. The highest BCUT2D eigenvalue weighted by Crippen LogP contribution is 2.32. The van der Waals surface area contributed by atoms with E-state index in [9.17, 15) is 9.59 Å². The average molecular weight is 460 g/mol. The summed E-state index contributed by atoms with van der Waals surface area (Å²) in [6.07, 6.45) is 0. The second kappa shape index (κ2) is 10.6. The predicted molar refractivity (Wildman–Crippen MR) is 128 cm³/mol. The van der Waals surface area contributed by atoms with Gasteiger partial charge in [-0.15, -0.1) is 0 Å². The van der Waals surface area contributed by atoms with E-state index in [0.29, 0.717) is 28.0 Å². The standard InChI is InChI=1S/C27H24O7/c1-18-8-13-23-22(16-18)25(29)27(26(34-23)19-9-11-20(30-2)12-10-19)33-17-24(28)32-15-14-31-21-6-4-3-5-7-21/h3-13,16H,14-15,17H2,1-2H3. The summed E-state index contributed by atoms with van der Waals surface area (Å²) in [5, 5.41) is 0.372. The molecule has 174 valence electrons. The van der Waals surface area contributed by atoms with E-state index in [-0.39, 0.29) is 30.2 Å². The molecule has 0 unspecified atom stereocenters. The summed E-state index contributed by atoms with van der Waals surface area (Å²) in [5.41, 5.74) is 1.58. The van der Waals surface area contributed by atoms with Gasteiger partial charge in [-0.25, -0.2) is 4.79 Å². The minimum absolute atomic E-state index is 0.0496. The minimum Gasteiger partial charge on any atom is -0.497 e. The SMILES string of the molecule is COc1ccc(-c2oc3ccc(C)cc3c(=O)c2OCC(=O)OCCOc2ccccc2)cc1. The number of carbonyl (C=O) groups is 1. The highest BCUT2D eigenvalue weighted by molar-refractivity contribution is 5.83. The highest BCUT2D eigenvalue weighted by Gasteiger charge is 2.19. The van der Waals surface area contributed by atoms with Gasteiger partial charge in [-0.2, -0.15) is 0 Å². The van der Waals surface area contributed by atoms with Crippen molar-refractivity contribution >= 4 is 16.9 Å². The van der Waals surface area contributed by atoms with Gasteiger partial charge in [0.15, 0.2) is 12.4 Å². The van der Waals surface area contributed by atoms with E-state index in [1.165, 1.54) is 0 Å². The molecule has 3 aromatic carbocycles. The zero-order valence-corrected chi connectivity index (χ0v) is 18.9. The van der Waals surface area contributed by atoms with Crippen molar-refractivity contribution in [1.29, 1.82) is 0 Å². The number of rotatable bonds is 9. The van der Waals surface area contributed by atoms with Gasteiger partial charge in [-0.1, -0.05) is 29.8 Å². The number of benzene rings is 3. The third-order valence-electron chi connectivity index (χ3n) is 5.05. The predicted octanol–water partition coefficient (Wildman–Crippen LogP) is 4.78. The molecule has 0 saturated heterocycles. The van der Waals surface area contributed by atoms with E-state index in [1.807, 2.05) is 43.3 Å². The van der Waals surface area contributed by atoms with Crippen molar-refractivity contribution in [2.75, 3.05) is 26.9 Å². The molecule has 4 aromatic rings. The van der Waals surface area contributed by atoms with Crippen molar-refractivity contribution in [2.24, 2.45) is 0 Å². The third kappa shape index (κ3) is 5.38. The van der Waals surface area contributed by atoms with E-state index >= 15 is 0 Å². The molecule has 0 atom stereocenters. The Morgan fingerprint density at radius 3 is 2.38 bits per heavy atom. The number of hydrogen-bond acceptors (Lipinski definition) is 7. The van der Waals surface area contributed by atoms with Gasteiger partial charge in [0.05, 0.1) is 12.5 Å². The van der Waals surface area contributed by atoms with Gasteiger partial charge in [-0.05, 0) is 55.5 Å². The van der Waals surface area contributed by atoms with Gasteiger partial charge in [-0.3, -0.25) is 4.79 Å². The van der Waals surface area contributed by atoms with Gasteiger partial charge in [0.1, 0.15) is 30.3 Å². The first-order chi connectivity index (χ1) is 16.5. The molecule has 34 heavy (non-hydrogen) atoms. The minimum atomic E-state index is -0.624. The number of aryl methyl sites for hydroxylation is 1. The van der Waals surface area contributed by atoms with Crippen molar-refractivity contribution in [3.8, 4) is 28.6 Å². The molecule has 0 bridgehead atoms. The Morgan fingerprint density at radius 1 is 0.882 bits per heavy atom. The van der Waals surface area contributed by atoms with Crippen LogP contribution < -0.4 is 19.6 Å². The molecule has 0 saturated carbocycles. The lowest BCUT2D eigenvalue weighted by Crippen LogP contribution is -2.21. The Bertz CT molecular complexity index is 1330. The maximum atomic E-state index is 13.2. The third-order valence-corrected chi connectivity index (χ3v) is 5.05. The molecule has 0 aliphatic heterocycles. The molecule has 0 radical (unpaired) electrons. The van der Waals surface area contributed by atoms with Crippen LogP contribution in [0.2, 0.25) is 0 Å². The summed E-state index contributed by atoms with van der Waals surface area (Å²) in [7, 11) is 1.57. The maximum absolute atomic E-state index is 13.2. The molecule has 7 heteroatoms. The molecule has 4 rings (SSSR count). The second-order valence-electron chi connectivity index (χ2n) is 7.49. The largest absolute Gasteiger partial charge is 0.497 e. The van der Waals surface area contributed by atoms with Crippen LogP contribution in [0.4, 0.5) is 0 Å². The lowest BCUT2D eigenvalue weighted by Gasteiger charge is -2.12. The highest BCUT2D eigenvalue weighted by atomic mass is 16.6. The number of methoxy groups -OCH3 is 1. The van der Waals surface area contributed by atoms with Crippen molar-refractivity contribution in [2.45, 2.75) is 6.92 Å². The summed E-state index contributed by atoms with van der Waals surface area (Å²) >= 11 is 0. The van der Waals surface area contributed by atoms with Gasteiger partial charge in [0, 0.05) is 5.56 Å². The molecular weight excluding hydrogens is 436 g/mol. The Kier molecular flexibility index (Phi) is 7.13.